The van der Waals surface area contributed by atoms with E-state index in [0.717, 1.165) is 5.69 Å². The van der Waals surface area contributed by atoms with Gasteiger partial charge in [-0.25, -0.2) is 0 Å². The second kappa shape index (κ2) is 10.4. The van der Waals surface area contributed by atoms with E-state index in [0.29, 0.717) is 32.4 Å². The van der Waals surface area contributed by atoms with Gasteiger partial charge in [-0.3, -0.25) is 14.4 Å². The maximum atomic E-state index is 14.2. The van der Waals surface area contributed by atoms with E-state index < -0.39 is 35.1 Å². The molecule has 37 heavy (non-hydrogen) atoms. The minimum Gasteiger partial charge on any atom is -0.396 e. The number of amides is 3. The van der Waals surface area contributed by atoms with Gasteiger partial charge in [-0.2, -0.15) is 0 Å². The summed E-state index contributed by atoms with van der Waals surface area (Å²) >= 11 is 0. The third kappa shape index (κ3) is 4.50. The van der Waals surface area contributed by atoms with Crippen LogP contribution in [0.1, 0.15) is 40.0 Å². The van der Waals surface area contributed by atoms with Crippen molar-refractivity contribution < 1.29 is 24.2 Å². The van der Waals surface area contributed by atoms with E-state index >= 15 is 0 Å². The minimum absolute atomic E-state index is 0.106. The van der Waals surface area contributed by atoms with Gasteiger partial charge in [-0.1, -0.05) is 30.4 Å². The Kier molecular flexibility index (Phi) is 7.62. The summed E-state index contributed by atoms with van der Waals surface area (Å²) in [6, 6.07) is 8.48. The number of benzene rings is 1. The first-order valence-electron chi connectivity index (χ1n) is 13.1. The monoisotopic (exact) mass is 509 g/mol. The minimum atomic E-state index is -1.07. The van der Waals surface area contributed by atoms with Gasteiger partial charge in [-0.15, -0.1) is 13.2 Å². The molecule has 2 bridgehead atoms. The summed E-state index contributed by atoms with van der Waals surface area (Å²) in [5.41, 5.74) is -0.856. The standard InChI is InChI=1S/C29H39N3O5/c1-6-16-30(20-12-9-8-10-13-20)25(34)22-21-14-15-29(37-21)23(22)26(35)31(18-11-19-33)24(29)27(36)32(17-7-2)28(3,4)5/h6-10,12-13,21-24,33H,1-2,11,14-19H2,3-5H3/t21-,22+,23+,24?,29?/m1/s1. The lowest BCUT2D eigenvalue weighted by Gasteiger charge is -2.42. The van der Waals surface area contributed by atoms with Crippen molar-refractivity contribution in [2.45, 2.75) is 63.3 Å². The zero-order chi connectivity index (χ0) is 27.0. The lowest BCUT2D eigenvalue weighted by Crippen LogP contribution is -2.60. The number of anilines is 1. The number of likely N-dealkylation sites (tertiary alicyclic amines) is 1. The third-order valence-corrected chi connectivity index (χ3v) is 7.91. The van der Waals surface area contributed by atoms with E-state index in [1.807, 2.05) is 51.1 Å². The van der Waals surface area contributed by atoms with Crippen LogP contribution in [0.25, 0.3) is 0 Å². The van der Waals surface area contributed by atoms with E-state index in [2.05, 4.69) is 13.2 Å². The van der Waals surface area contributed by atoms with Crippen molar-refractivity contribution in [2.24, 2.45) is 11.8 Å². The molecular weight excluding hydrogens is 470 g/mol. The predicted molar refractivity (Wildman–Crippen MR) is 142 cm³/mol. The number of aliphatic hydroxyl groups is 1. The van der Waals surface area contributed by atoms with Crippen molar-refractivity contribution in [1.29, 1.82) is 0 Å². The average molecular weight is 510 g/mol. The molecule has 3 heterocycles. The fraction of sp³-hybridized carbons (Fsp3) is 0.552. The quantitative estimate of drug-likeness (QED) is 0.490. The van der Waals surface area contributed by atoms with E-state index in [-0.39, 0.29) is 30.9 Å². The summed E-state index contributed by atoms with van der Waals surface area (Å²) in [7, 11) is 0. The largest absolute Gasteiger partial charge is 0.396 e. The summed E-state index contributed by atoms with van der Waals surface area (Å²) < 4.78 is 6.57. The van der Waals surface area contributed by atoms with Crippen molar-refractivity contribution in [1.82, 2.24) is 9.80 Å². The van der Waals surface area contributed by atoms with Crippen LogP contribution in [0, 0.1) is 11.8 Å². The highest BCUT2D eigenvalue weighted by Crippen LogP contribution is 2.59. The zero-order valence-corrected chi connectivity index (χ0v) is 22.1. The number of para-hydroxylation sites is 1. The molecule has 0 aromatic heterocycles. The highest BCUT2D eigenvalue weighted by molar-refractivity contribution is 6.03. The number of nitrogens with zero attached hydrogens (tertiary/aromatic N) is 3. The molecule has 3 amide bonds. The Labute approximate surface area is 219 Å². The van der Waals surface area contributed by atoms with Crippen molar-refractivity contribution in [3.05, 3.63) is 55.6 Å². The zero-order valence-electron chi connectivity index (χ0n) is 22.1. The van der Waals surface area contributed by atoms with Crippen molar-refractivity contribution in [2.75, 3.05) is 31.1 Å². The molecule has 3 saturated heterocycles. The molecule has 8 heteroatoms. The SMILES string of the molecule is C=CCN(C(=O)[C@@H]1[C@H]2C(=O)N(CCCO)C(C(=O)N(CC=C)C(C)(C)C)C23CC[C@H]1O3)c1ccccc1. The number of hydrogen-bond donors (Lipinski definition) is 1. The van der Waals surface area contributed by atoms with Crippen LogP contribution in [-0.4, -0.2) is 82.2 Å². The molecule has 8 nitrogen and oxygen atoms in total. The molecular formula is C29H39N3O5. The van der Waals surface area contributed by atoms with Gasteiger partial charge in [0.2, 0.25) is 17.7 Å². The van der Waals surface area contributed by atoms with Crippen LogP contribution >= 0.6 is 0 Å². The summed E-state index contributed by atoms with van der Waals surface area (Å²) in [6.45, 7) is 14.2. The van der Waals surface area contributed by atoms with Crippen molar-refractivity contribution >= 4 is 23.4 Å². The normalized spacial score (nSPS) is 28.2. The molecule has 3 aliphatic rings. The number of rotatable bonds is 10. The van der Waals surface area contributed by atoms with E-state index in [9.17, 15) is 19.5 Å². The Balaban J connectivity index is 1.76. The van der Waals surface area contributed by atoms with Crippen LogP contribution in [0.5, 0.6) is 0 Å². The molecule has 1 aromatic rings. The number of carbonyl (C=O) groups excluding carboxylic acids is 3. The first-order valence-corrected chi connectivity index (χ1v) is 13.1. The van der Waals surface area contributed by atoms with Gasteiger partial charge >= 0.3 is 0 Å². The van der Waals surface area contributed by atoms with Crippen LogP contribution in [0.3, 0.4) is 0 Å². The molecule has 3 fully saturated rings. The van der Waals surface area contributed by atoms with E-state index in [4.69, 9.17) is 4.74 Å². The summed E-state index contributed by atoms with van der Waals surface area (Å²) in [6.07, 6.45) is 4.38. The smallest absolute Gasteiger partial charge is 0.249 e. The van der Waals surface area contributed by atoms with Gasteiger partial charge in [0.25, 0.3) is 0 Å². The first-order chi connectivity index (χ1) is 17.6. The second-order valence-electron chi connectivity index (χ2n) is 11.1. The van der Waals surface area contributed by atoms with Crippen LogP contribution in [0.15, 0.2) is 55.6 Å². The maximum absolute atomic E-state index is 14.2. The number of ether oxygens (including phenoxy) is 1. The Morgan fingerprint density at radius 2 is 1.84 bits per heavy atom. The Morgan fingerprint density at radius 3 is 2.43 bits per heavy atom. The van der Waals surface area contributed by atoms with Gasteiger partial charge in [0, 0.05) is 37.5 Å². The first kappa shape index (κ1) is 27.1. The summed E-state index contributed by atoms with van der Waals surface area (Å²) in [5, 5.41) is 9.54. The number of hydrogen-bond acceptors (Lipinski definition) is 5. The molecule has 1 aromatic carbocycles. The summed E-state index contributed by atoms with van der Waals surface area (Å²) in [5.74, 6) is -2.09. The van der Waals surface area contributed by atoms with Crippen molar-refractivity contribution in [3.8, 4) is 0 Å². The highest BCUT2D eigenvalue weighted by atomic mass is 16.5. The molecule has 1 N–H and O–H groups in total. The Morgan fingerprint density at radius 1 is 1.16 bits per heavy atom. The molecule has 2 unspecified atom stereocenters. The third-order valence-electron chi connectivity index (χ3n) is 7.91. The van der Waals surface area contributed by atoms with E-state index in [1.165, 1.54) is 0 Å². The topological polar surface area (TPSA) is 90.4 Å². The van der Waals surface area contributed by atoms with Gasteiger partial charge < -0.3 is 24.5 Å². The van der Waals surface area contributed by atoms with E-state index in [1.54, 1.807) is 26.9 Å². The molecule has 0 saturated carbocycles. The predicted octanol–water partition coefficient (Wildman–Crippen LogP) is 2.78. The Bertz CT molecular complexity index is 1050. The molecule has 0 radical (unpaired) electrons. The Hall–Kier alpha value is -2.97. The van der Waals surface area contributed by atoms with Crippen LogP contribution in [-0.2, 0) is 19.1 Å². The lowest BCUT2D eigenvalue weighted by molar-refractivity contribution is -0.151. The van der Waals surface area contributed by atoms with Crippen molar-refractivity contribution in [3.63, 3.8) is 0 Å². The van der Waals surface area contributed by atoms with Crippen LogP contribution < -0.4 is 4.90 Å². The van der Waals surface area contributed by atoms with Gasteiger partial charge in [0.05, 0.1) is 17.9 Å². The maximum Gasteiger partial charge on any atom is 0.249 e. The lowest BCUT2D eigenvalue weighted by atomic mass is 9.70. The molecule has 0 aliphatic carbocycles. The average Bonchev–Trinajstić information content (AvgIpc) is 3.51. The number of aliphatic hydroxyl groups excluding tert-OH is 1. The molecule has 3 aliphatic heterocycles. The molecule has 1 spiro atoms. The molecule has 4 rings (SSSR count). The fourth-order valence-corrected chi connectivity index (χ4v) is 6.41. The van der Waals surface area contributed by atoms with Crippen LogP contribution in [0.2, 0.25) is 0 Å². The van der Waals surface area contributed by atoms with Gasteiger partial charge in [0.1, 0.15) is 11.6 Å². The van der Waals surface area contributed by atoms with Gasteiger partial charge in [-0.05, 0) is 52.2 Å². The molecule has 5 atom stereocenters. The molecule has 200 valence electrons. The fourth-order valence-electron chi connectivity index (χ4n) is 6.41. The number of fused-ring (bicyclic) bond motifs is 1. The van der Waals surface area contributed by atoms with Crippen LogP contribution in [0.4, 0.5) is 5.69 Å². The summed E-state index contributed by atoms with van der Waals surface area (Å²) in [4.78, 5) is 47.2. The second-order valence-corrected chi connectivity index (χ2v) is 11.1. The highest BCUT2D eigenvalue weighted by Gasteiger charge is 2.75. The number of carbonyl (C=O) groups is 3. The van der Waals surface area contributed by atoms with Gasteiger partial charge in [0.15, 0.2) is 0 Å².